The van der Waals surface area contributed by atoms with E-state index in [1.54, 1.807) is 11.3 Å². The summed E-state index contributed by atoms with van der Waals surface area (Å²) in [6.45, 7) is 0. The Labute approximate surface area is 229 Å². The average molecular weight is 526 g/mol. The van der Waals surface area contributed by atoms with Crippen molar-refractivity contribution in [2.45, 2.75) is 0 Å². The molecule has 0 unspecified atom stereocenters. The predicted octanol–water partition coefficient (Wildman–Crippen LogP) is 9.56. The van der Waals surface area contributed by atoms with E-state index in [9.17, 15) is 0 Å². The maximum absolute atomic E-state index is 6.32. The van der Waals surface area contributed by atoms with Crippen LogP contribution < -0.4 is 0 Å². The first-order valence-electron chi connectivity index (χ1n) is 12.3. The lowest BCUT2D eigenvalue weighted by atomic mass is 10.0. The van der Waals surface area contributed by atoms with Crippen molar-refractivity contribution >= 4 is 43.1 Å². The number of halogens is 1. The molecule has 38 heavy (non-hydrogen) atoms. The third-order valence-corrected chi connectivity index (χ3v) is 8.04. The summed E-state index contributed by atoms with van der Waals surface area (Å²) in [5.41, 5.74) is 5.16. The molecule has 5 aromatic carbocycles. The Morgan fingerprint density at radius 2 is 1.05 bits per heavy atom. The minimum atomic E-state index is 0.648. The van der Waals surface area contributed by atoms with E-state index < -0.39 is 0 Å². The van der Waals surface area contributed by atoms with Crippen molar-refractivity contribution < 1.29 is 0 Å². The number of rotatable bonds is 4. The van der Waals surface area contributed by atoms with Crippen LogP contribution in [0.4, 0.5) is 0 Å². The fourth-order valence-corrected chi connectivity index (χ4v) is 6.15. The number of benzene rings is 5. The van der Waals surface area contributed by atoms with Gasteiger partial charge in [0.25, 0.3) is 0 Å². The molecule has 0 aliphatic rings. The average Bonchev–Trinajstić information content (AvgIpc) is 3.36. The van der Waals surface area contributed by atoms with Gasteiger partial charge in [-0.25, -0.2) is 15.0 Å². The van der Waals surface area contributed by atoms with Crippen molar-refractivity contribution in [3.8, 4) is 45.3 Å². The second-order valence-corrected chi connectivity index (χ2v) is 10.5. The summed E-state index contributed by atoms with van der Waals surface area (Å²) in [5.74, 6) is 1.96. The topological polar surface area (TPSA) is 38.7 Å². The Balaban J connectivity index is 1.40. The summed E-state index contributed by atoms with van der Waals surface area (Å²) < 4.78 is 2.47. The van der Waals surface area contributed by atoms with Gasteiger partial charge in [0.05, 0.1) is 0 Å². The lowest BCUT2D eigenvalue weighted by molar-refractivity contribution is 1.07. The maximum Gasteiger partial charge on any atom is 0.164 e. The molecule has 0 bridgehead atoms. The molecule has 0 radical (unpaired) electrons. The Kier molecular flexibility index (Phi) is 5.69. The molecule has 2 aromatic heterocycles. The molecule has 180 valence electrons. The first-order valence-corrected chi connectivity index (χ1v) is 13.5. The second-order valence-electron chi connectivity index (χ2n) is 9.04. The zero-order valence-electron chi connectivity index (χ0n) is 20.2. The Morgan fingerprint density at radius 3 is 1.74 bits per heavy atom. The van der Waals surface area contributed by atoms with E-state index in [0.717, 1.165) is 27.3 Å². The predicted molar refractivity (Wildman–Crippen MR) is 159 cm³/mol. The molecular weight excluding hydrogens is 506 g/mol. The van der Waals surface area contributed by atoms with Crippen molar-refractivity contribution in [1.29, 1.82) is 0 Å². The van der Waals surface area contributed by atoms with Crippen LogP contribution in [-0.2, 0) is 0 Å². The van der Waals surface area contributed by atoms with Gasteiger partial charge in [-0.2, -0.15) is 0 Å². The lowest BCUT2D eigenvalue weighted by Crippen LogP contribution is -2.00. The number of thiophene rings is 1. The standard InChI is InChI=1S/C33H20ClN3S/c34-25-17-18-29-28(20-25)27-16-8-15-26(30(27)38-29)23-13-7-14-24(19-23)33-36-31(21-9-3-1-4-10-21)35-32(37-33)22-11-5-2-6-12-22/h1-20H. The van der Waals surface area contributed by atoms with Crippen molar-refractivity contribution in [2.24, 2.45) is 0 Å². The maximum atomic E-state index is 6.32. The van der Waals surface area contributed by atoms with Crippen LogP contribution in [0, 0.1) is 0 Å². The molecule has 0 amide bonds. The molecule has 0 saturated heterocycles. The van der Waals surface area contributed by atoms with Crippen molar-refractivity contribution in [2.75, 3.05) is 0 Å². The monoisotopic (exact) mass is 525 g/mol. The molecule has 0 N–H and O–H groups in total. The first kappa shape index (κ1) is 22.8. The summed E-state index contributed by atoms with van der Waals surface area (Å²) in [5, 5.41) is 3.16. The number of hydrogen-bond donors (Lipinski definition) is 0. The van der Waals surface area contributed by atoms with Gasteiger partial charge in [-0.1, -0.05) is 109 Å². The van der Waals surface area contributed by atoms with Gasteiger partial charge in [0, 0.05) is 41.9 Å². The van der Waals surface area contributed by atoms with Crippen LogP contribution in [0.1, 0.15) is 0 Å². The van der Waals surface area contributed by atoms with E-state index >= 15 is 0 Å². The van der Waals surface area contributed by atoms with Crippen LogP contribution >= 0.6 is 22.9 Å². The Morgan fingerprint density at radius 1 is 0.474 bits per heavy atom. The van der Waals surface area contributed by atoms with Gasteiger partial charge >= 0.3 is 0 Å². The van der Waals surface area contributed by atoms with Gasteiger partial charge in [-0.05, 0) is 35.4 Å². The number of fused-ring (bicyclic) bond motifs is 3. The Bertz CT molecular complexity index is 1870. The minimum absolute atomic E-state index is 0.648. The normalized spacial score (nSPS) is 11.3. The fourth-order valence-electron chi connectivity index (χ4n) is 4.76. The van der Waals surface area contributed by atoms with E-state index in [-0.39, 0.29) is 0 Å². The smallest absolute Gasteiger partial charge is 0.164 e. The molecule has 3 nitrogen and oxygen atoms in total. The van der Waals surface area contributed by atoms with Gasteiger partial charge in [0.1, 0.15) is 0 Å². The summed E-state index contributed by atoms with van der Waals surface area (Å²) in [7, 11) is 0. The van der Waals surface area contributed by atoms with Crippen LogP contribution in [0.3, 0.4) is 0 Å². The van der Waals surface area contributed by atoms with E-state index in [0.29, 0.717) is 17.5 Å². The largest absolute Gasteiger partial charge is 0.208 e. The highest BCUT2D eigenvalue weighted by atomic mass is 35.5. The van der Waals surface area contributed by atoms with Crippen molar-refractivity contribution in [1.82, 2.24) is 15.0 Å². The van der Waals surface area contributed by atoms with Crippen LogP contribution in [0.15, 0.2) is 121 Å². The Hall–Kier alpha value is -4.38. The van der Waals surface area contributed by atoms with Crippen LogP contribution in [0.25, 0.3) is 65.5 Å². The molecule has 7 rings (SSSR count). The van der Waals surface area contributed by atoms with Crippen molar-refractivity contribution in [3.05, 3.63) is 126 Å². The highest BCUT2D eigenvalue weighted by molar-refractivity contribution is 7.26. The fraction of sp³-hybridized carbons (Fsp3) is 0. The minimum Gasteiger partial charge on any atom is -0.208 e. The highest BCUT2D eigenvalue weighted by Gasteiger charge is 2.15. The molecule has 0 fully saturated rings. The molecule has 0 aliphatic carbocycles. The van der Waals surface area contributed by atoms with Crippen LogP contribution in [-0.4, -0.2) is 15.0 Å². The third kappa shape index (κ3) is 4.14. The molecular formula is C33H20ClN3S. The number of nitrogens with zero attached hydrogens (tertiary/aromatic N) is 3. The van der Waals surface area contributed by atoms with Gasteiger partial charge in [0.15, 0.2) is 17.5 Å². The van der Waals surface area contributed by atoms with Crippen molar-refractivity contribution in [3.63, 3.8) is 0 Å². The number of aromatic nitrogens is 3. The summed E-state index contributed by atoms with van der Waals surface area (Å²) in [6, 6.07) is 41.1. The molecule has 0 atom stereocenters. The SMILES string of the molecule is Clc1ccc2sc3c(-c4cccc(-c5nc(-c6ccccc6)nc(-c6ccccc6)n5)c4)cccc3c2c1. The van der Waals surface area contributed by atoms with E-state index in [2.05, 4.69) is 54.6 Å². The molecule has 5 heteroatoms. The summed E-state index contributed by atoms with van der Waals surface area (Å²) in [4.78, 5) is 14.6. The van der Waals surface area contributed by atoms with Crippen LogP contribution in [0.2, 0.25) is 5.02 Å². The lowest BCUT2D eigenvalue weighted by Gasteiger charge is -2.10. The van der Waals surface area contributed by atoms with E-state index in [1.165, 1.54) is 25.7 Å². The number of hydrogen-bond acceptors (Lipinski definition) is 4. The molecule has 0 spiro atoms. The molecule has 7 aromatic rings. The summed E-state index contributed by atoms with van der Waals surface area (Å²) >= 11 is 8.11. The quantitative estimate of drug-likeness (QED) is 0.229. The first-order chi connectivity index (χ1) is 18.7. The van der Waals surface area contributed by atoms with Gasteiger partial charge in [-0.3, -0.25) is 0 Å². The van der Waals surface area contributed by atoms with E-state index in [1.807, 2.05) is 66.7 Å². The van der Waals surface area contributed by atoms with E-state index in [4.69, 9.17) is 26.6 Å². The zero-order valence-corrected chi connectivity index (χ0v) is 21.7. The second kappa shape index (κ2) is 9.49. The third-order valence-electron chi connectivity index (χ3n) is 6.59. The van der Waals surface area contributed by atoms with Gasteiger partial charge in [-0.15, -0.1) is 11.3 Å². The molecule has 0 aliphatic heterocycles. The van der Waals surface area contributed by atoms with Gasteiger partial charge < -0.3 is 0 Å². The molecule has 0 saturated carbocycles. The molecule has 2 heterocycles. The van der Waals surface area contributed by atoms with Crippen LogP contribution in [0.5, 0.6) is 0 Å². The van der Waals surface area contributed by atoms with Gasteiger partial charge in [0.2, 0.25) is 0 Å². The summed E-state index contributed by atoms with van der Waals surface area (Å²) in [6.07, 6.45) is 0. The zero-order chi connectivity index (χ0) is 25.5. The highest BCUT2D eigenvalue weighted by Crippen LogP contribution is 2.41.